The zero-order valence-corrected chi connectivity index (χ0v) is 19.9. The van der Waals surface area contributed by atoms with Crippen LogP contribution in [0.5, 0.6) is 5.75 Å². The molecular formula is C27H36N4O2. The molecule has 2 aliphatic rings. The van der Waals surface area contributed by atoms with Crippen molar-refractivity contribution >= 4 is 11.9 Å². The molecule has 2 fully saturated rings. The van der Waals surface area contributed by atoms with E-state index in [2.05, 4.69) is 29.3 Å². The van der Waals surface area contributed by atoms with Crippen LogP contribution in [0.15, 0.2) is 53.5 Å². The van der Waals surface area contributed by atoms with Crippen LogP contribution in [-0.2, 0) is 6.54 Å². The number of likely N-dealkylation sites (tertiary alicyclic amines) is 2. The van der Waals surface area contributed by atoms with E-state index < -0.39 is 0 Å². The highest BCUT2D eigenvalue weighted by molar-refractivity contribution is 5.94. The molecule has 0 saturated carbocycles. The van der Waals surface area contributed by atoms with Crippen molar-refractivity contribution in [2.45, 2.75) is 45.1 Å². The molecule has 0 aliphatic carbocycles. The van der Waals surface area contributed by atoms with E-state index in [1.807, 2.05) is 41.3 Å². The first kappa shape index (κ1) is 23.1. The summed E-state index contributed by atoms with van der Waals surface area (Å²) in [6.45, 7) is 7.26. The molecule has 6 nitrogen and oxygen atoms in total. The minimum absolute atomic E-state index is 0.153. The summed E-state index contributed by atoms with van der Waals surface area (Å²) in [5.41, 5.74) is 3.24. The number of hydrogen-bond acceptors (Lipinski definition) is 3. The van der Waals surface area contributed by atoms with Gasteiger partial charge in [0, 0.05) is 44.2 Å². The van der Waals surface area contributed by atoms with E-state index in [0.717, 1.165) is 74.8 Å². The number of aliphatic imine (C=N–C) groups is 1. The molecule has 0 spiro atoms. The van der Waals surface area contributed by atoms with Crippen molar-refractivity contribution in [3.05, 3.63) is 65.2 Å². The summed E-state index contributed by atoms with van der Waals surface area (Å²) in [5, 5.41) is 3.45. The Bertz CT molecular complexity index is 934. The average molecular weight is 449 g/mol. The number of carbonyl (C=O) groups is 1. The quantitative estimate of drug-likeness (QED) is 0.530. The second kappa shape index (κ2) is 11.2. The van der Waals surface area contributed by atoms with Crippen molar-refractivity contribution < 1.29 is 9.53 Å². The van der Waals surface area contributed by atoms with Gasteiger partial charge in [-0.3, -0.25) is 4.79 Å². The van der Waals surface area contributed by atoms with Crippen LogP contribution in [0, 0.1) is 0 Å². The highest BCUT2D eigenvalue weighted by Gasteiger charge is 2.26. The van der Waals surface area contributed by atoms with Crippen LogP contribution < -0.4 is 10.1 Å². The highest BCUT2D eigenvalue weighted by atomic mass is 16.5. The molecule has 2 heterocycles. The lowest BCUT2D eigenvalue weighted by Crippen LogP contribution is -2.40. The number of benzene rings is 2. The Labute approximate surface area is 197 Å². The van der Waals surface area contributed by atoms with Crippen LogP contribution in [0.3, 0.4) is 0 Å². The molecule has 2 aliphatic heterocycles. The fraction of sp³-hybridized carbons (Fsp3) is 0.481. The Morgan fingerprint density at radius 2 is 1.73 bits per heavy atom. The lowest BCUT2D eigenvalue weighted by molar-refractivity contribution is 0.0724. The van der Waals surface area contributed by atoms with Crippen molar-refractivity contribution in [1.82, 2.24) is 15.1 Å². The number of carbonyl (C=O) groups excluding carboxylic acids is 1. The van der Waals surface area contributed by atoms with Crippen LogP contribution in [0.4, 0.5) is 0 Å². The number of rotatable bonds is 6. The number of hydrogen-bond donors (Lipinski definition) is 1. The SMILES string of the molecule is CCNC(=NCc1ccc(C(=O)N2CCCCC2)cc1)N1CCC(c2ccc(OC)cc2)C1. The highest BCUT2D eigenvalue weighted by Crippen LogP contribution is 2.28. The predicted molar refractivity (Wildman–Crippen MR) is 133 cm³/mol. The number of methoxy groups -OCH3 is 1. The Morgan fingerprint density at radius 3 is 2.39 bits per heavy atom. The summed E-state index contributed by atoms with van der Waals surface area (Å²) in [5.74, 6) is 2.51. The normalized spacial score (nSPS) is 19.0. The van der Waals surface area contributed by atoms with Crippen molar-refractivity contribution in [2.24, 2.45) is 4.99 Å². The van der Waals surface area contributed by atoms with E-state index >= 15 is 0 Å². The summed E-state index contributed by atoms with van der Waals surface area (Å²) in [6.07, 6.45) is 4.57. The number of nitrogens with zero attached hydrogens (tertiary/aromatic N) is 3. The summed E-state index contributed by atoms with van der Waals surface area (Å²) in [6, 6.07) is 16.4. The summed E-state index contributed by atoms with van der Waals surface area (Å²) in [4.78, 5) is 21.9. The smallest absolute Gasteiger partial charge is 0.253 e. The molecule has 0 aromatic heterocycles. The van der Waals surface area contributed by atoms with Crippen LogP contribution in [0.1, 0.15) is 60.0 Å². The van der Waals surface area contributed by atoms with E-state index in [4.69, 9.17) is 9.73 Å². The van der Waals surface area contributed by atoms with Crippen molar-refractivity contribution in [3.8, 4) is 5.75 Å². The Hall–Kier alpha value is -3.02. The van der Waals surface area contributed by atoms with Crippen LogP contribution in [0.2, 0.25) is 0 Å². The molecule has 1 amide bonds. The topological polar surface area (TPSA) is 57.2 Å². The molecule has 1 unspecified atom stereocenters. The fourth-order valence-electron chi connectivity index (χ4n) is 4.73. The van der Waals surface area contributed by atoms with Gasteiger partial charge >= 0.3 is 0 Å². The molecule has 2 saturated heterocycles. The molecule has 2 aromatic carbocycles. The molecule has 176 valence electrons. The van der Waals surface area contributed by atoms with E-state index in [1.165, 1.54) is 12.0 Å². The van der Waals surface area contributed by atoms with Crippen molar-refractivity contribution in [1.29, 1.82) is 0 Å². The Morgan fingerprint density at radius 1 is 1.00 bits per heavy atom. The predicted octanol–water partition coefficient (Wildman–Crippen LogP) is 4.28. The number of ether oxygens (including phenoxy) is 1. The monoisotopic (exact) mass is 448 g/mol. The van der Waals surface area contributed by atoms with Crippen LogP contribution in [-0.4, -0.2) is 61.5 Å². The third-order valence-electron chi connectivity index (χ3n) is 6.67. The lowest BCUT2D eigenvalue weighted by atomic mass is 9.98. The first-order valence-electron chi connectivity index (χ1n) is 12.2. The van der Waals surface area contributed by atoms with Gasteiger partial charge in [-0.2, -0.15) is 0 Å². The van der Waals surface area contributed by atoms with Gasteiger partial charge in [-0.05, 0) is 68.0 Å². The Kier molecular flexibility index (Phi) is 7.87. The number of guanidine groups is 1. The maximum atomic E-state index is 12.7. The second-order valence-corrected chi connectivity index (χ2v) is 8.92. The third-order valence-corrected chi connectivity index (χ3v) is 6.67. The summed E-state index contributed by atoms with van der Waals surface area (Å²) < 4.78 is 5.29. The summed E-state index contributed by atoms with van der Waals surface area (Å²) in [7, 11) is 1.70. The molecular weight excluding hydrogens is 412 g/mol. The molecule has 33 heavy (non-hydrogen) atoms. The molecule has 4 rings (SSSR count). The minimum atomic E-state index is 0.153. The van der Waals surface area contributed by atoms with Gasteiger partial charge in [0.05, 0.1) is 13.7 Å². The van der Waals surface area contributed by atoms with E-state index in [0.29, 0.717) is 12.5 Å². The zero-order valence-electron chi connectivity index (χ0n) is 19.9. The third kappa shape index (κ3) is 5.86. The van der Waals surface area contributed by atoms with Gasteiger partial charge in [0.1, 0.15) is 5.75 Å². The van der Waals surface area contributed by atoms with E-state index in [9.17, 15) is 4.79 Å². The number of amides is 1. The lowest BCUT2D eigenvalue weighted by Gasteiger charge is -2.26. The first-order chi connectivity index (χ1) is 16.2. The largest absolute Gasteiger partial charge is 0.497 e. The number of piperidine rings is 1. The van der Waals surface area contributed by atoms with Gasteiger partial charge in [-0.25, -0.2) is 4.99 Å². The molecule has 1 atom stereocenters. The zero-order chi connectivity index (χ0) is 23.0. The van der Waals surface area contributed by atoms with Gasteiger partial charge in [0.25, 0.3) is 5.91 Å². The van der Waals surface area contributed by atoms with Gasteiger partial charge in [-0.1, -0.05) is 24.3 Å². The molecule has 6 heteroatoms. The van der Waals surface area contributed by atoms with Crippen LogP contribution in [0.25, 0.3) is 0 Å². The standard InChI is InChI=1S/C27H36N4O2/c1-3-28-27(31-18-15-24(20-31)22-11-13-25(33-2)14-12-22)29-19-21-7-9-23(10-8-21)26(32)30-16-5-4-6-17-30/h7-14,24H,3-6,15-20H2,1-2H3,(H,28,29). The number of nitrogens with one attached hydrogen (secondary N) is 1. The molecule has 2 aromatic rings. The first-order valence-corrected chi connectivity index (χ1v) is 12.2. The fourth-order valence-corrected chi connectivity index (χ4v) is 4.73. The molecule has 1 N–H and O–H groups in total. The minimum Gasteiger partial charge on any atom is -0.497 e. The van der Waals surface area contributed by atoms with Crippen molar-refractivity contribution in [3.63, 3.8) is 0 Å². The maximum Gasteiger partial charge on any atom is 0.253 e. The average Bonchev–Trinajstić information content (AvgIpc) is 3.37. The molecule has 0 bridgehead atoms. The van der Waals surface area contributed by atoms with Gasteiger partial charge in [-0.15, -0.1) is 0 Å². The van der Waals surface area contributed by atoms with Gasteiger partial charge in [0.15, 0.2) is 5.96 Å². The van der Waals surface area contributed by atoms with Gasteiger partial charge < -0.3 is 19.9 Å². The van der Waals surface area contributed by atoms with Gasteiger partial charge in [0.2, 0.25) is 0 Å². The summed E-state index contributed by atoms with van der Waals surface area (Å²) >= 11 is 0. The van der Waals surface area contributed by atoms with Crippen LogP contribution >= 0.6 is 0 Å². The molecule has 0 radical (unpaired) electrons. The van der Waals surface area contributed by atoms with E-state index in [1.54, 1.807) is 7.11 Å². The maximum absolute atomic E-state index is 12.7. The second-order valence-electron chi connectivity index (χ2n) is 8.92. The van der Waals surface area contributed by atoms with E-state index in [-0.39, 0.29) is 5.91 Å². The Balaban J connectivity index is 1.37. The van der Waals surface area contributed by atoms with Crippen molar-refractivity contribution in [2.75, 3.05) is 39.8 Å².